The summed E-state index contributed by atoms with van der Waals surface area (Å²) in [6.07, 6.45) is 1.02. The van der Waals surface area contributed by atoms with Crippen molar-refractivity contribution >= 4 is 5.97 Å². The largest absolute Gasteiger partial charge is 1.00 e. The van der Waals surface area contributed by atoms with Crippen LogP contribution in [0.3, 0.4) is 0 Å². The molecule has 0 saturated heterocycles. The van der Waals surface area contributed by atoms with Crippen LogP contribution < -0.4 is 80.9 Å². The Hall–Kier alpha value is 2.11. The second-order valence-electron chi connectivity index (χ2n) is 1.14. The van der Waals surface area contributed by atoms with Crippen molar-refractivity contribution in [2.45, 2.75) is 19.8 Å². The second-order valence-corrected chi connectivity index (χ2v) is 1.14. The van der Waals surface area contributed by atoms with Gasteiger partial charge in [0.25, 0.3) is 0 Å². The van der Waals surface area contributed by atoms with E-state index < -0.39 is 5.97 Å². The molecule has 0 rings (SSSR count). The maximum atomic E-state index is 9.60. The molecule has 0 aliphatic carbocycles. The Bertz CT molecular complexity index is 65.2. The predicted molar refractivity (Wildman–Crippen MR) is 24.8 cm³/mol. The van der Waals surface area contributed by atoms with E-state index in [4.69, 9.17) is 5.11 Å². The Balaban J connectivity index is -0.0000000208. The van der Waals surface area contributed by atoms with Gasteiger partial charge in [0.2, 0.25) is 0 Å². The molecule has 40 valence electrons. The van der Waals surface area contributed by atoms with E-state index in [1.165, 1.54) is 0 Å². The molecule has 0 amide bonds. The second kappa shape index (κ2) is 11.8. The Morgan fingerprint density at radius 1 is 1.75 bits per heavy atom. The molecule has 0 atom stereocenters. The standard InChI is InChI=1S/C4H8O2.K.Na.2H/c1-2-3-4(5)6;;;;/h2-3H2,1H3,(H,5,6);;;;/q;2*+1;2*-1. The minimum Gasteiger partial charge on any atom is -1.00 e. The number of hydrogen-bond donors (Lipinski definition) is 1. The number of carbonyl (C=O) groups is 1. The van der Waals surface area contributed by atoms with Gasteiger partial charge in [-0.3, -0.25) is 4.79 Å². The SMILES string of the molecule is CCCC(=O)O.[H-].[H-].[K+].[Na+]. The third-order valence-corrected chi connectivity index (χ3v) is 0.464. The Morgan fingerprint density at radius 3 is 2.12 bits per heavy atom. The van der Waals surface area contributed by atoms with E-state index in [1.54, 1.807) is 0 Å². The molecular formula is C4H10KNaO2. The van der Waals surface area contributed by atoms with Crippen LogP contribution in [0.2, 0.25) is 0 Å². The van der Waals surface area contributed by atoms with Crippen molar-refractivity contribution < 1.29 is 93.7 Å². The van der Waals surface area contributed by atoms with E-state index >= 15 is 0 Å². The van der Waals surface area contributed by atoms with Crippen LogP contribution in [0.4, 0.5) is 0 Å². The summed E-state index contributed by atoms with van der Waals surface area (Å²) in [7, 11) is 0. The van der Waals surface area contributed by atoms with Gasteiger partial charge in [-0.25, -0.2) is 0 Å². The van der Waals surface area contributed by atoms with Gasteiger partial charge in [-0.2, -0.15) is 0 Å². The van der Waals surface area contributed by atoms with Crippen LogP contribution in [0, 0.1) is 0 Å². The maximum Gasteiger partial charge on any atom is 1.00 e. The molecule has 0 radical (unpaired) electrons. The summed E-state index contributed by atoms with van der Waals surface area (Å²) in [5.74, 6) is -0.711. The monoisotopic (exact) mass is 152 g/mol. The van der Waals surface area contributed by atoms with Crippen molar-refractivity contribution in [1.82, 2.24) is 0 Å². The molecule has 0 aromatic rings. The van der Waals surface area contributed by atoms with E-state index in [9.17, 15) is 4.79 Å². The fourth-order valence-corrected chi connectivity index (χ4v) is 0.214. The van der Waals surface area contributed by atoms with Crippen molar-refractivity contribution in [3.8, 4) is 0 Å². The average Bonchev–Trinajstić information content (AvgIpc) is 1.35. The van der Waals surface area contributed by atoms with Crippen molar-refractivity contribution in [3.05, 3.63) is 0 Å². The van der Waals surface area contributed by atoms with Crippen LogP contribution in [-0.4, -0.2) is 11.1 Å². The van der Waals surface area contributed by atoms with Crippen LogP contribution >= 0.6 is 0 Å². The van der Waals surface area contributed by atoms with Crippen molar-refractivity contribution in [2.24, 2.45) is 0 Å². The van der Waals surface area contributed by atoms with Crippen LogP contribution in [0.1, 0.15) is 22.6 Å². The van der Waals surface area contributed by atoms with Crippen LogP contribution in [0.15, 0.2) is 0 Å². The third-order valence-electron chi connectivity index (χ3n) is 0.464. The molecule has 8 heavy (non-hydrogen) atoms. The summed E-state index contributed by atoms with van der Waals surface area (Å²) < 4.78 is 0. The summed E-state index contributed by atoms with van der Waals surface area (Å²) in [5.41, 5.74) is 0. The summed E-state index contributed by atoms with van der Waals surface area (Å²) >= 11 is 0. The molecule has 0 saturated carbocycles. The minimum absolute atomic E-state index is 0. The fraction of sp³-hybridized carbons (Fsp3) is 0.750. The van der Waals surface area contributed by atoms with E-state index in [1.807, 2.05) is 6.92 Å². The van der Waals surface area contributed by atoms with Crippen LogP contribution in [0.5, 0.6) is 0 Å². The number of aliphatic carboxylic acids is 1. The molecule has 0 bridgehead atoms. The predicted octanol–water partition coefficient (Wildman–Crippen LogP) is -4.90. The zero-order chi connectivity index (χ0) is 4.99. The maximum absolute atomic E-state index is 9.60. The third kappa shape index (κ3) is 15.7. The number of rotatable bonds is 2. The van der Waals surface area contributed by atoms with Gasteiger partial charge < -0.3 is 7.96 Å². The summed E-state index contributed by atoms with van der Waals surface area (Å²) in [6, 6.07) is 0. The molecule has 0 aliphatic rings. The smallest absolute Gasteiger partial charge is 1.00 e. The number of carboxylic acid groups (broad SMARTS) is 1. The molecule has 1 N–H and O–H groups in total. The molecule has 0 unspecified atom stereocenters. The van der Waals surface area contributed by atoms with Gasteiger partial charge in [0, 0.05) is 6.42 Å². The molecule has 0 spiro atoms. The molecular weight excluding hydrogens is 142 g/mol. The van der Waals surface area contributed by atoms with Gasteiger partial charge in [0.15, 0.2) is 0 Å². The molecule has 4 heteroatoms. The first-order chi connectivity index (χ1) is 2.77. The van der Waals surface area contributed by atoms with E-state index in [0.717, 1.165) is 6.42 Å². The number of carboxylic acids is 1. The molecule has 0 fully saturated rings. The summed E-state index contributed by atoms with van der Waals surface area (Å²) in [5, 5.41) is 7.91. The van der Waals surface area contributed by atoms with E-state index in [-0.39, 0.29) is 83.8 Å². The van der Waals surface area contributed by atoms with Crippen molar-refractivity contribution in [3.63, 3.8) is 0 Å². The van der Waals surface area contributed by atoms with Gasteiger partial charge in [0.1, 0.15) is 0 Å². The quantitative estimate of drug-likeness (QED) is 0.403. The molecule has 0 aromatic heterocycles. The first-order valence-corrected chi connectivity index (χ1v) is 1.99. The van der Waals surface area contributed by atoms with Gasteiger partial charge in [-0.1, -0.05) is 6.92 Å². The zero-order valence-corrected chi connectivity index (χ0v) is 10.9. The first-order valence-electron chi connectivity index (χ1n) is 1.99. The Kier molecular flexibility index (Phi) is 24.6. The Morgan fingerprint density at radius 2 is 2.12 bits per heavy atom. The summed E-state index contributed by atoms with van der Waals surface area (Å²) in [4.78, 5) is 9.60. The molecule has 0 aromatic carbocycles. The van der Waals surface area contributed by atoms with Crippen molar-refractivity contribution in [1.29, 1.82) is 0 Å². The molecule has 2 nitrogen and oxygen atoms in total. The van der Waals surface area contributed by atoms with Crippen LogP contribution in [0.25, 0.3) is 0 Å². The topological polar surface area (TPSA) is 37.3 Å². The Labute approximate surface area is 117 Å². The van der Waals surface area contributed by atoms with E-state index in [0.29, 0.717) is 6.42 Å². The molecule has 0 heterocycles. The summed E-state index contributed by atoms with van der Waals surface area (Å²) in [6.45, 7) is 1.84. The van der Waals surface area contributed by atoms with E-state index in [2.05, 4.69) is 0 Å². The minimum atomic E-state index is -0.711. The van der Waals surface area contributed by atoms with Gasteiger partial charge >= 0.3 is 86.9 Å². The first kappa shape index (κ1) is 16.6. The normalized spacial score (nSPS) is 6.12. The fourth-order valence-electron chi connectivity index (χ4n) is 0.214. The van der Waals surface area contributed by atoms with Crippen molar-refractivity contribution in [2.75, 3.05) is 0 Å². The van der Waals surface area contributed by atoms with Gasteiger partial charge in [-0.15, -0.1) is 0 Å². The van der Waals surface area contributed by atoms with Gasteiger partial charge in [-0.05, 0) is 6.42 Å². The van der Waals surface area contributed by atoms with Crippen LogP contribution in [-0.2, 0) is 4.79 Å². The average molecular weight is 152 g/mol. The van der Waals surface area contributed by atoms with Gasteiger partial charge in [0.05, 0.1) is 0 Å². The zero-order valence-electron chi connectivity index (χ0n) is 7.77. The molecule has 0 aliphatic heterocycles. The number of hydrogen-bond acceptors (Lipinski definition) is 1.